The smallest absolute Gasteiger partial charge is 0.232 e. The number of nitrogens with one attached hydrogen (secondary N) is 1. The molecule has 0 aliphatic carbocycles. The number of aliphatic hydroxyl groups is 1. The van der Waals surface area contributed by atoms with Crippen LogP contribution in [-0.4, -0.2) is 26.3 Å². The monoisotopic (exact) mass is 221 g/mol. The molecule has 0 aromatic carbocycles. The number of aromatic nitrogens is 3. The Labute approximate surface area is 93.5 Å². The summed E-state index contributed by atoms with van der Waals surface area (Å²) >= 11 is 0. The van der Waals surface area contributed by atoms with Gasteiger partial charge in [0.2, 0.25) is 11.7 Å². The van der Waals surface area contributed by atoms with Crippen molar-refractivity contribution in [1.82, 2.24) is 15.1 Å². The quantitative estimate of drug-likeness (QED) is 0.827. The first-order chi connectivity index (χ1) is 7.72. The van der Waals surface area contributed by atoms with Crippen LogP contribution >= 0.6 is 0 Å². The lowest BCUT2D eigenvalue weighted by molar-refractivity contribution is 0.129. The highest BCUT2D eigenvalue weighted by atomic mass is 16.5. The van der Waals surface area contributed by atoms with Crippen LogP contribution in [0.15, 0.2) is 22.9 Å². The van der Waals surface area contributed by atoms with E-state index in [1.54, 1.807) is 6.20 Å². The van der Waals surface area contributed by atoms with Crippen molar-refractivity contribution >= 4 is 0 Å². The summed E-state index contributed by atoms with van der Waals surface area (Å²) in [5, 5.41) is 13.6. The molecule has 2 aromatic heterocycles. The van der Waals surface area contributed by atoms with Crippen LogP contribution in [0.25, 0.3) is 11.5 Å². The lowest BCUT2D eigenvalue weighted by atomic mass is 10.0. The van der Waals surface area contributed by atoms with E-state index in [-0.39, 0.29) is 5.92 Å². The zero-order valence-corrected chi connectivity index (χ0v) is 9.34. The van der Waals surface area contributed by atoms with Gasteiger partial charge in [-0.15, -0.1) is 0 Å². The van der Waals surface area contributed by atoms with Gasteiger partial charge in [-0.1, -0.05) is 19.0 Å². The van der Waals surface area contributed by atoms with Crippen molar-refractivity contribution in [2.24, 2.45) is 0 Å². The van der Waals surface area contributed by atoms with Crippen LogP contribution in [0.2, 0.25) is 0 Å². The molecule has 2 rings (SSSR count). The Balaban J connectivity index is 2.20. The SMILES string of the molecule is CCC(O)C(C)c1nc(-c2ccc[nH]2)no1. The summed E-state index contributed by atoms with van der Waals surface area (Å²) in [6.45, 7) is 3.80. The number of rotatable bonds is 4. The van der Waals surface area contributed by atoms with E-state index in [0.29, 0.717) is 18.1 Å². The largest absolute Gasteiger partial charge is 0.392 e. The van der Waals surface area contributed by atoms with Crippen LogP contribution < -0.4 is 0 Å². The van der Waals surface area contributed by atoms with Crippen molar-refractivity contribution in [2.45, 2.75) is 32.3 Å². The Bertz CT molecular complexity index is 436. The molecule has 0 saturated heterocycles. The summed E-state index contributed by atoms with van der Waals surface area (Å²) in [6, 6.07) is 3.74. The highest BCUT2D eigenvalue weighted by Crippen LogP contribution is 2.22. The molecule has 0 bridgehead atoms. The van der Waals surface area contributed by atoms with Crippen LogP contribution in [0.1, 0.15) is 32.1 Å². The van der Waals surface area contributed by atoms with E-state index in [2.05, 4.69) is 15.1 Å². The first-order valence-corrected chi connectivity index (χ1v) is 5.37. The molecule has 5 nitrogen and oxygen atoms in total. The highest BCUT2D eigenvalue weighted by Gasteiger charge is 2.21. The van der Waals surface area contributed by atoms with Gasteiger partial charge < -0.3 is 14.6 Å². The van der Waals surface area contributed by atoms with Crippen LogP contribution in [0.3, 0.4) is 0 Å². The Hall–Kier alpha value is -1.62. The molecular formula is C11H15N3O2. The minimum atomic E-state index is -0.447. The number of aromatic amines is 1. The topological polar surface area (TPSA) is 74.9 Å². The van der Waals surface area contributed by atoms with Gasteiger partial charge in [0.25, 0.3) is 0 Å². The van der Waals surface area contributed by atoms with Crippen LogP contribution in [0, 0.1) is 0 Å². The zero-order chi connectivity index (χ0) is 11.5. The molecule has 0 saturated carbocycles. The lowest BCUT2D eigenvalue weighted by Crippen LogP contribution is -2.14. The molecule has 0 amide bonds. The molecule has 0 aliphatic rings. The molecule has 86 valence electrons. The van der Waals surface area contributed by atoms with Crippen molar-refractivity contribution in [3.63, 3.8) is 0 Å². The first kappa shape index (κ1) is 10.9. The van der Waals surface area contributed by atoms with E-state index in [1.807, 2.05) is 26.0 Å². The predicted molar refractivity (Wildman–Crippen MR) is 58.8 cm³/mol. The maximum atomic E-state index is 9.68. The van der Waals surface area contributed by atoms with Crippen molar-refractivity contribution in [1.29, 1.82) is 0 Å². The molecule has 0 radical (unpaired) electrons. The zero-order valence-electron chi connectivity index (χ0n) is 9.34. The average molecular weight is 221 g/mol. The minimum Gasteiger partial charge on any atom is -0.392 e. The molecule has 2 atom stereocenters. The summed E-state index contributed by atoms with van der Waals surface area (Å²) < 4.78 is 5.13. The van der Waals surface area contributed by atoms with Crippen molar-refractivity contribution in [3.8, 4) is 11.5 Å². The summed E-state index contributed by atoms with van der Waals surface area (Å²) in [6.07, 6.45) is 2.02. The summed E-state index contributed by atoms with van der Waals surface area (Å²) in [4.78, 5) is 7.25. The van der Waals surface area contributed by atoms with Gasteiger partial charge in [-0.2, -0.15) is 4.98 Å². The number of hydrogen-bond acceptors (Lipinski definition) is 4. The molecule has 2 N–H and O–H groups in total. The number of hydrogen-bond donors (Lipinski definition) is 2. The standard InChI is InChI=1S/C11H15N3O2/c1-3-9(15)7(2)11-13-10(14-16-11)8-5-4-6-12-8/h4-7,9,12,15H,3H2,1-2H3. The van der Waals surface area contributed by atoms with Gasteiger partial charge in [0.1, 0.15) is 0 Å². The fourth-order valence-electron chi connectivity index (χ4n) is 1.52. The Morgan fingerprint density at radius 2 is 2.38 bits per heavy atom. The third-order valence-corrected chi connectivity index (χ3v) is 2.67. The van der Waals surface area contributed by atoms with Crippen LogP contribution in [0.4, 0.5) is 0 Å². The second kappa shape index (κ2) is 4.49. The molecule has 0 fully saturated rings. The molecule has 2 unspecified atom stereocenters. The highest BCUT2D eigenvalue weighted by molar-refractivity contribution is 5.47. The Kier molecular flexibility index (Phi) is 3.05. The van der Waals surface area contributed by atoms with E-state index >= 15 is 0 Å². The molecule has 5 heteroatoms. The number of H-pyrrole nitrogens is 1. The van der Waals surface area contributed by atoms with Crippen molar-refractivity contribution in [3.05, 3.63) is 24.2 Å². The van der Waals surface area contributed by atoms with Crippen molar-refractivity contribution in [2.75, 3.05) is 0 Å². The van der Waals surface area contributed by atoms with Gasteiger partial charge in [0, 0.05) is 6.20 Å². The molecule has 2 aromatic rings. The number of aliphatic hydroxyl groups excluding tert-OH is 1. The van der Waals surface area contributed by atoms with E-state index in [4.69, 9.17) is 4.52 Å². The molecule has 16 heavy (non-hydrogen) atoms. The van der Waals surface area contributed by atoms with Crippen molar-refractivity contribution < 1.29 is 9.63 Å². The maximum absolute atomic E-state index is 9.68. The maximum Gasteiger partial charge on any atom is 0.232 e. The second-order valence-electron chi connectivity index (χ2n) is 3.80. The Morgan fingerprint density at radius 3 is 3.00 bits per heavy atom. The van der Waals surface area contributed by atoms with Crippen LogP contribution in [-0.2, 0) is 0 Å². The van der Waals surface area contributed by atoms with Gasteiger partial charge in [0.15, 0.2) is 0 Å². The Morgan fingerprint density at radius 1 is 1.56 bits per heavy atom. The van der Waals surface area contributed by atoms with Gasteiger partial charge >= 0.3 is 0 Å². The summed E-state index contributed by atoms with van der Waals surface area (Å²) in [7, 11) is 0. The first-order valence-electron chi connectivity index (χ1n) is 5.37. The molecular weight excluding hydrogens is 206 g/mol. The van der Waals surface area contributed by atoms with Gasteiger partial charge in [-0.25, -0.2) is 0 Å². The van der Waals surface area contributed by atoms with Crippen LogP contribution in [0.5, 0.6) is 0 Å². The van der Waals surface area contributed by atoms with Gasteiger partial charge in [0.05, 0.1) is 17.7 Å². The van der Waals surface area contributed by atoms with E-state index in [9.17, 15) is 5.11 Å². The predicted octanol–water partition coefficient (Wildman–Crippen LogP) is 1.94. The average Bonchev–Trinajstić information content (AvgIpc) is 2.96. The second-order valence-corrected chi connectivity index (χ2v) is 3.80. The fourth-order valence-corrected chi connectivity index (χ4v) is 1.52. The normalized spacial score (nSPS) is 14.9. The van der Waals surface area contributed by atoms with Gasteiger partial charge in [-0.3, -0.25) is 0 Å². The van der Waals surface area contributed by atoms with E-state index in [0.717, 1.165) is 5.69 Å². The lowest BCUT2D eigenvalue weighted by Gasteiger charge is -2.11. The fraction of sp³-hybridized carbons (Fsp3) is 0.455. The summed E-state index contributed by atoms with van der Waals surface area (Å²) in [5.74, 6) is 0.857. The third-order valence-electron chi connectivity index (χ3n) is 2.67. The minimum absolute atomic E-state index is 0.138. The van der Waals surface area contributed by atoms with E-state index < -0.39 is 6.10 Å². The third kappa shape index (κ3) is 1.99. The van der Waals surface area contributed by atoms with Gasteiger partial charge in [-0.05, 0) is 18.6 Å². The number of nitrogens with zero attached hydrogens (tertiary/aromatic N) is 2. The molecule has 0 spiro atoms. The molecule has 2 heterocycles. The molecule has 0 aliphatic heterocycles. The van der Waals surface area contributed by atoms with E-state index in [1.165, 1.54) is 0 Å². The summed E-state index contributed by atoms with van der Waals surface area (Å²) in [5.41, 5.74) is 0.813.